The average molecular weight is 255 g/mol. The molecule has 3 nitrogen and oxygen atoms in total. The van der Waals surface area contributed by atoms with Gasteiger partial charge in [0.15, 0.2) is 0 Å². The molecule has 0 atom stereocenters. The Hall–Kier alpha value is -2.29. The smallest absolute Gasteiger partial charge is 0.122 e. The lowest BCUT2D eigenvalue weighted by Crippen LogP contribution is -2.22. The Morgan fingerprint density at radius 1 is 1.11 bits per heavy atom. The van der Waals surface area contributed by atoms with Crippen molar-refractivity contribution in [1.82, 2.24) is 0 Å². The van der Waals surface area contributed by atoms with Crippen molar-refractivity contribution in [1.29, 1.82) is 0 Å². The summed E-state index contributed by atoms with van der Waals surface area (Å²) >= 11 is 0. The molecule has 0 saturated heterocycles. The summed E-state index contributed by atoms with van der Waals surface area (Å²) in [5.74, 6) is -0.323. The van der Waals surface area contributed by atoms with Gasteiger partial charge in [0.25, 0.3) is 0 Å². The normalized spacial score (nSPS) is 10.2. The van der Waals surface area contributed by atoms with Crippen LogP contribution in [-0.2, 0) is 6.61 Å². The van der Waals surface area contributed by atoms with Gasteiger partial charge in [-0.2, -0.15) is 0 Å². The first kappa shape index (κ1) is 13.1. The van der Waals surface area contributed by atoms with E-state index in [-0.39, 0.29) is 5.56 Å². The largest absolute Gasteiger partial charge is 0.545 e. The Bertz CT molecular complexity index is 585. The van der Waals surface area contributed by atoms with Crippen molar-refractivity contribution in [3.63, 3.8) is 0 Å². The molecular formula is C16H15O3-. The zero-order chi connectivity index (χ0) is 13.8. The molecule has 0 unspecified atom stereocenters. The predicted octanol–water partition coefficient (Wildman–Crippen LogP) is 2.25. The van der Waals surface area contributed by atoms with E-state index >= 15 is 0 Å². The van der Waals surface area contributed by atoms with Crippen LogP contribution in [0.15, 0.2) is 42.5 Å². The number of benzene rings is 2. The first-order valence-corrected chi connectivity index (χ1v) is 6.06. The minimum atomic E-state index is -1.16. The molecule has 98 valence electrons. The van der Waals surface area contributed by atoms with Crippen molar-refractivity contribution in [3.05, 3.63) is 64.7 Å². The molecule has 0 bridgehead atoms. The molecule has 0 spiro atoms. The van der Waals surface area contributed by atoms with Crippen molar-refractivity contribution in [2.24, 2.45) is 0 Å². The van der Waals surface area contributed by atoms with Crippen molar-refractivity contribution in [3.8, 4) is 5.75 Å². The van der Waals surface area contributed by atoms with Crippen LogP contribution in [0.3, 0.4) is 0 Å². The molecule has 2 aromatic carbocycles. The van der Waals surface area contributed by atoms with Crippen molar-refractivity contribution in [2.75, 3.05) is 0 Å². The standard InChI is InChI=1S/C16H16O3/c1-11-3-8-15(12(2)9-11)19-10-13-4-6-14(7-5-13)16(17)18/h3-9H,10H2,1-2H3,(H,17,18)/p-1. The fraction of sp³-hybridized carbons (Fsp3) is 0.188. The number of rotatable bonds is 4. The van der Waals surface area contributed by atoms with Gasteiger partial charge in [0.2, 0.25) is 0 Å². The van der Waals surface area contributed by atoms with Gasteiger partial charge < -0.3 is 14.6 Å². The third kappa shape index (κ3) is 3.35. The maximum Gasteiger partial charge on any atom is 0.122 e. The molecule has 0 aromatic heterocycles. The summed E-state index contributed by atoms with van der Waals surface area (Å²) in [6.45, 7) is 4.45. The molecule has 3 heteroatoms. The van der Waals surface area contributed by atoms with E-state index in [1.54, 1.807) is 12.1 Å². The summed E-state index contributed by atoms with van der Waals surface area (Å²) < 4.78 is 5.72. The molecule has 2 aromatic rings. The molecular weight excluding hydrogens is 240 g/mol. The third-order valence-corrected chi connectivity index (χ3v) is 2.91. The Morgan fingerprint density at radius 2 is 1.79 bits per heavy atom. The van der Waals surface area contributed by atoms with Crippen molar-refractivity contribution < 1.29 is 14.6 Å². The predicted molar refractivity (Wildman–Crippen MR) is 71.0 cm³/mol. The highest BCUT2D eigenvalue weighted by Gasteiger charge is 2.01. The quantitative estimate of drug-likeness (QED) is 0.842. The molecule has 0 aliphatic carbocycles. The molecule has 0 heterocycles. The van der Waals surface area contributed by atoms with Crippen LogP contribution >= 0.6 is 0 Å². The lowest BCUT2D eigenvalue weighted by molar-refractivity contribution is -0.255. The second-order valence-electron chi connectivity index (χ2n) is 4.54. The zero-order valence-corrected chi connectivity index (χ0v) is 11.0. The SMILES string of the molecule is Cc1ccc(OCc2ccc(C(=O)[O-])cc2)c(C)c1. The first-order valence-electron chi connectivity index (χ1n) is 6.06. The zero-order valence-electron chi connectivity index (χ0n) is 11.0. The van der Waals surface area contributed by atoms with E-state index in [2.05, 4.69) is 6.07 Å². The van der Waals surface area contributed by atoms with Gasteiger partial charge in [-0.3, -0.25) is 0 Å². The lowest BCUT2D eigenvalue weighted by Gasteiger charge is -2.10. The van der Waals surface area contributed by atoms with Crippen LogP contribution in [0.2, 0.25) is 0 Å². The summed E-state index contributed by atoms with van der Waals surface area (Å²) in [4.78, 5) is 10.6. The summed E-state index contributed by atoms with van der Waals surface area (Å²) in [7, 11) is 0. The van der Waals surface area contributed by atoms with Gasteiger partial charge in [-0.15, -0.1) is 0 Å². The number of ether oxygens (including phenoxy) is 1. The number of carboxylic acids is 1. The number of aromatic carboxylic acids is 1. The van der Waals surface area contributed by atoms with E-state index in [1.807, 2.05) is 26.0 Å². The highest BCUT2D eigenvalue weighted by molar-refractivity contribution is 5.85. The molecule has 0 aliphatic rings. The number of hydrogen-bond donors (Lipinski definition) is 0. The van der Waals surface area contributed by atoms with E-state index in [0.29, 0.717) is 6.61 Å². The second-order valence-corrected chi connectivity index (χ2v) is 4.54. The molecule has 0 fully saturated rings. The molecule has 0 N–H and O–H groups in total. The van der Waals surface area contributed by atoms with Crippen LogP contribution in [0.25, 0.3) is 0 Å². The fourth-order valence-corrected chi connectivity index (χ4v) is 1.86. The topological polar surface area (TPSA) is 49.4 Å². The van der Waals surface area contributed by atoms with Gasteiger partial charge in [-0.05, 0) is 36.6 Å². The summed E-state index contributed by atoms with van der Waals surface area (Å²) in [6, 6.07) is 12.5. The monoisotopic (exact) mass is 255 g/mol. The van der Waals surface area contributed by atoms with Crippen LogP contribution in [0.4, 0.5) is 0 Å². The highest BCUT2D eigenvalue weighted by Crippen LogP contribution is 2.20. The maximum atomic E-state index is 10.6. The van der Waals surface area contributed by atoms with E-state index in [9.17, 15) is 9.90 Å². The minimum absolute atomic E-state index is 0.176. The van der Waals surface area contributed by atoms with Crippen molar-refractivity contribution in [2.45, 2.75) is 20.5 Å². The average Bonchev–Trinajstić information content (AvgIpc) is 2.38. The third-order valence-electron chi connectivity index (χ3n) is 2.91. The van der Waals surface area contributed by atoms with Gasteiger partial charge in [0.1, 0.15) is 12.4 Å². The van der Waals surface area contributed by atoms with Crippen LogP contribution in [0.5, 0.6) is 5.75 Å². The van der Waals surface area contributed by atoms with E-state index in [1.165, 1.54) is 17.7 Å². The van der Waals surface area contributed by atoms with Crippen LogP contribution in [-0.4, -0.2) is 5.97 Å². The van der Waals surface area contributed by atoms with E-state index < -0.39 is 5.97 Å². The van der Waals surface area contributed by atoms with Crippen LogP contribution in [0, 0.1) is 13.8 Å². The Morgan fingerprint density at radius 3 is 2.37 bits per heavy atom. The van der Waals surface area contributed by atoms with Gasteiger partial charge >= 0.3 is 0 Å². The Kier molecular flexibility index (Phi) is 3.85. The molecule has 0 radical (unpaired) electrons. The second kappa shape index (κ2) is 5.57. The highest BCUT2D eigenvalue weighted by atomic mass is 16.5. The number of hydrogen-bond acceptors (Lipinski definition) is 3. The molecule has 19 heavy (non-hydrogen) atoms. The van der Waals surface area contributed by atoms with Gasteiger partial charge in [-0.1, -0.05) is 42.0 Å². The van der Waals surface area contributed by atoms with Gasteiger partial charge in [0, 0.05) is 0 Å². The minimum Gasteiger partial charge on any atom is -0.545 e. The van der Waals surface area contributed by atoms with Gasteiger partial charge in [0.05, 0.1) is 5.97 Å². The maximum absolute atomic E-state index is 10.6. The molecule has 0 aliphatic heterocycles. The summed E-state index contributed by atoms with van der Waals surface area (Å²) in [5.41, 5.74) is 3.38. The number of carbonyl (C=O) groups is 1. The summed E-state index contributed by atoms with van der Waals surface area (Å²) in [5, 5.41) is 10.6. The molecule has 2 rings (SSSR count). The van der Waals surface area contributed by atoms with Gasteiger partial charge in [-0.25, -0.2) is 0 Å². The number of carboxylic acid groups (broad SMARTS) is 1. The van der Waals surface area contributed by atoms with Crippen molar-refractivity contribution >= 4 is 5.97 Å². The fourth-order valence-electron chi connectivity index (χ4n) is 1.86. The van der Waals surface area contributed by atoms with E-state index in [0.717, 1.165) is 16.9 Å². The summed E-state index contributed by atoms with van der Waals surface area (Å²) in [6.07, 6.45) is 0. The molecule has 0 amide bonds. The Balaban J connectivity index is 2.04. The first-order chi connectivity index (χ1) is 9.06. The number of carbonyl (C=O) groups excluding carboxylic acids is 1. The van der Waals surface area contributed by atoms with Crippen LogP contribution < -0.4 is 9.84 Å². The van der Waals surface area contributed by atoms with E-state index in [4.69, 9.17) is 4.74 Å². The lowest BCUT2D eigenvalue weighted by atomic mass is 10.1. The Labute approximate surface area is 112 Å². The number of aryl methyl sites for hydroxylation is 2. The molecule has 0 saturated carbocycles. The van der Waals surface area contributed by atoms with Crippen LogP contribution in [0.1, 0.15) is 27.0 Å².